The molecule has 0 radical (unpaired) electrons. The maximum absolute atomic E-state index is 13.0. The van der Waals surface area contributed by atoms with Crippen LogP contribution in [0.15, 0.2) is 60.7 Å². The summed E-state index contributed by atoms with van der Waals surface area (Å²) in [6.45, 7) is 12.4. The number of ether oxygens (including phenoxy) is 1. The number of hydrogen-bond donors (Lipinski definition) is 2. The molecule has 0 aliphatic carbocycles. The second-order valence-electron chi connectivity index (χ2n) is 9.88. The van der Waals surface area contributed by atoms with Crippen molar-refractivity contribution in [2.75, 3.05) is 17.7 Å². The van der Waals surface area contributed by atoms with E-state index in [1.165, 1.54) is 5.56 Å². The van der Waals surface area contributed by atoms with Crippen molar-refractivity contribution in [3.05, 3.63) is 88.5 Å². The highest BCUT2D eigenvalue weighted by Gasteiger charge is 2.17. The molecule has 0 spiro atoms. The molecule has 0 aliphatic rings. The number of anilines is 2. The highest BCUT2D eigenvalue weighted by molar-refractivity contribution is 6.07. The van der Waals surface area contributed by atoms with Gasteiger partial charge in [0.15, 0.2) is 0 Å². The van der Waals surface area contributed by atoms with Gasteiger partial charge in [-0.05, 0) is 77.4 Å². The zero-order valence-corrected chi connectivity index (χ0v) is 21.1. The Morgan fingerprint density at radius 2 is 1.44 bits per heavy atom. The van der Waals surface area contributed by atoms with Crippen LogP contribution in [0.5, 0.6) is 5.75 Å². The van der Waals surface area contributed by atoms with Crippen LogP contribution < -0.4 is 15.4 Å². The smallest absolute Gasteiger partial charge is 0.255 e. The Bertz CT molecular complexity index is 1190. The average molecular weight is 459 g/mol. The van der Waals surface area contributed by atoms with Gasteiger partial charge < -0.3 is 15.4 Å². The first kappa shape index (κ1) is 25.0. The van der Waals surface area contributed by atoms with E-state index in [2.05, 4.69) is 45.3 Å². The number of amides is 2. The number of carbonyl (C=O) groups is 2. The summed E-state index contributed by atoms with van der Waals surface area (Å²) in [6, 6.07) is 18.6. The molecule has 3 aromatic carbocycles. The summed E-state index contributed by atoms with van der Waals surface area (Å²) in [6.07, 6.45) is 0. The predicted molar refractivity (Wildman–Crippen MR) is 139 cm³/mol. The molecule has 3 aromatic rings. The van der Waals surface area contributed by atoms with Crippen molar-refractivity contribution in [1.82, 2.24) is 0 Å². The van der Waals surface area contributed by atoms with E-state index in [-0.39, 0.29) is 23.1 Å². The van der Waals surface area contributed by atoms with Crippen LogP contribution >= 0.6 is 0 Å². The lowest BCUT2D eigenvalue weighted by Gasteiger charge is -2.19. The molecule has 178 valence electrons. The van der Waals surface area contributed by atoms with E-state index >= 15 is 0 Å². The van der Waals surface area contributed by atoms with Gasteiger partial charge in [0.05, 0.1) is 7.11 Å². The van der Waals surface area contributed by atoms with Gasteiger partial charge in [0.2, 0.25) is 0 Å². The molecule has 0 atom stereocenters. The molecule has 0 aromatic heterocycles. The van der Waals surface area contributed by atoms with Gasteiger partial charge in [0, 0.05) is 22.5 Å². The van der Waals surface area contributed by atoms with Crippen LogP contribution in [0.4, 0.5) is 11.4 Å². The summed E-state index contributed by atoms with van der Waals surface area (Å²) in [5.41, 5.74) is 5.40. The fourth-order valence-corrected chi connectivity index (χ4v) is 3.77. The van der Waals surface area contributed by atoms with E-state index < -0.39 is 0 Å². The topological polar surface area (TPSA) is 67.4 Å². The average Bonchev–Trinajstić information content (AvgIpc) is 2.78. The van der Waals surface area contributed by atoms with Crippen LogP contribution in [0.2, 0.25) is 0 Å². The van der Waals surface area contributed by atoms with Gasteiger partial charge in [-0.3, -0.25) is 9.59 Å². The molecule has 0 saturated heterocycles. The van der Waals surface area contributed by atoms with Crippen LogP contribution in [0.25, 0.3) is 0 Å². The molecule has 0 saturated carbocycles. The zero-order valence-electron chi connectivity index (χ0n) is 21.1. The second kappa shape index (κ2) is 10.1. The standard InChI is InChI=1S/C29H34N2O3/c1-18(2)24-17-25(19(3)15-26(24)34-7)28(33)31-23-10-8-9-22(16-23)30-27(32)20-11-13-21(14-12-20)29(4,5)6/h8-18H,1-7H3,(H,30,32)(H,31,33). The minimum Gasteiger partial charge on any atom is -0.496 e. The zero-order chi connectivity index (χ0) is 25.0. The predicted octanol–water partition coefficient (Wildman–Crippen LogP) is 6.93. The van der Waals surface area contributed by atoms with Gasteiger partial charge in [-0.2, -0.15) is 0 Å². The first-order chi connectivity index (χ1) is 16.0. The maximum atomic E-state index is 13.0. The Morgan fingerprint density at radius 1 is 0.853 bits per heavy atom. The summed E-state index contributed by atoms with van der Waals surface area (Å²) >= 11 is 0. The number of carbonyl (C=O) groups excluding carboxylic acids is 2. The number of hydrogen-bond acceptors (Lipinski definition) is 3. The van der Waals surface area contributed by atoms with Crippen molar-refractivity contribution in [2.24, 2.45) is 0 Å². The molecular formula is C29H34N2O3. The molecule has 2 N–H and O–H groups in total. The van der Waals surface area contributed by atoms with Crippen molar-refractivity contribution < 1.29 is 14.3 Å². The Hall–Kier alpha value is -3.60. The van der Waals surface area contributed by atoms with E-state index in [0.717, 1.165) is 16.9 Å². The third kappa shape index (κ3) is 5.84. The Labute approximate surface area is 202 Å². The molecule has 3 rings (SSSR count). The summed E-state index contributed by atoms with van der Waals surface area (Å²) in [7, 11) is 1.64. The van der Waals surface area contributed by atoms with Crippen molar-refractivity contribution in [2.45, 2.75) is 52.9 Å². The molecule has 5 nitrogen and oxygen atoms in total. The van der Waals surface area contributed by atoms with E-state index in [9.17, 15) is 9.59 Å². The second-order valence-corrected chi connectivity index (χ2v) is 9.88. The first-order valence-corrected chi connectivity index (χ1v) is 11.5. The van der Waals surface area contributed by atoms with Gasteiger partial charge in [-0.1, -0.05) is 52.8 Å². The van der Waals surface area contributed by atoms with E-state index in [1.807, 2.05) is 43.3 Å². The lowest BCUT2D eigenvalue weighted by Crippen LogP contribution is -2.16. The van der Waals surface area contributed by atoms with Crippen LogP contribution in [0, 0.1) is 6.92 Å². The molecule has 0 unspecified atom stereocenters. The van der Waals surface area contributed by atoms with Crippen LogP contribution in [0.1, 0.15) is 77.9 Å². The van der Waals surface area contributed by atoms with Crippen molar-refractivity contribution in [3.8, 4) is 5.75 Å². The SMILES string of the molecule is COc1cc(C)c(C(=O)Nc2cccc(NC(=O)c3ccc(C(C)(C)C)cc3)c2)cc1C(C)C. The Kier molecular flexibility index (Phi) is 7.45. The molecule has 2 amide bonds. The molecule has 34 heavy (non-hydrogen) atoms. The Balaban J connectivity index is 1.75. The minimum absolute atomic E-state index is 0.0275. The lowest BCUT2D eigenvalue weighted by atomic mass is 9.87. The number of benzene rings is 3. The van der Waals surface area contributed by atoms with E-state index in [0.29, 0.717) is 22.5 Å². The van der Waals surface area contributed by atoms with Gasteiger partial charge in [-0.25, -0.2) is 0 Å². The number of rotatable bonds is 6. The monoisotopic (exact) mass is 458 g/mol. The van der Waals surface area contributed by atoms with E-state index in [4.69, 9.17) is 4.74 Å². The van der Waals surface area contributed by atoms with Gasteiger partial charge >= 0.3 is 0 Å². The van der Waals surface area contributed by atoms with Crippen molar-refractivity contribution in [3.63, 3.8) is 0 Å². The van der Waals surface area contributed by atoms with Gasteiger partial charge in [0.1, 0.15) is 5.75 Å². The van der Waals surface area contributed by atoms with Gasteiger partial charge in [-0.15, -0.1) is 0 Å². The van der Waals surface area contributed by atoms with Crippen LogP contribution in [0.3, 0.4) is 0 Å². The maximum Gasteiger partial charge on any atom is 0.255 e. The fourth-order valence-electron chi connectivity index (χ4n) is 3.77. The summed E-state index contributed by atoms with van der Waals surface area (Å²) in [4.78, 5) is 25.8. The highest BCUT2D eigenvalue weighted by Crippen LogP contribution is 2.30. The number of methoxy groups -OCH3 is 1. The molecule has 0 heterocycles. The summed E-state index contributed by atoms with van der Waals surface area (Å²) in [5.74, 6) is 0.599. The number of aryl methyl sites for hydroxylation is 1. The largest absolute Gasteiger partial charge is 0.496 e. The Morgan fingerprint density at radius 3 is 1.97 bits per heavy atom. The van der Waals surface area contributed by atoms with Crippen LogP contribution in [-0.2, 0) is 5.41 Å². The minimum atomic E-state index is -0.205. The third-order valence-corrected chi connectivity index (χ3v) is 5.83. The molecule has 5 heteroatoms. The normalized spacial score (nSPS) is 11.3. The summed E-state index contributed by atoms with van der Waals surface area (Å²) < 4.78 is 5.48. The molecule has 0 fully saturated rings. The van der Waals surface area contributed by atoms with Crippen molar-refractivity contribution >= 4 is 23.2 Å². The molecular weight excluding hydrogens is 424 g/mol. The summed E-state index contributed by atoms with van der Waals surface area (Å²) in [5, 5.41) is 5.86. The fraction of sp³-hybridized carbons (Fsp3) is 0.310. The quantitative estimate of drug-likeness (QED) is 0.421. The highest BCUT2D eigenvalue weighted by atomic mass is 16.5. The molecule has 0 bridgehead atoms. The molecule has 0 aliphatic heterocycles. The number of nitrogens with one attached hydrogen (secondary N) is 2. The lowest BCUT2D eigenvalue weighted by molar-refractivity contribution is 0.101. The first-order valence-electron chi connectivity index (χ1n) is 11.5. The van der Waals surface area contributed by atoms with Crippen molar-refractivity contribution in [1.29, 1.82) is 0 Å². The third-order valence-electron chi connectivity index (χ3n) is 5.83. The van der Waals surface area contributed by atoms with Crippen LogP contribution in [-0.4, -0.2) is 18.9 Å². The van der Waals surface area contributed by atoms with Gasteiger partial charge in [0.25, 0.3) is 11.8 Å². The van der Waals surface area contributed by atoms with E-state index in [1.54, 1.807) is 31.4 Å².